The van der Waals surface area contributed by atoms with E-state index in [1.165, 1.54) is 17.8 Å². The first-order chi connectivity index (χ1) is 13.4. The van der Waals surface area contributed by atoms with Crippen LogP contribution in [-0.4, -0.2) is 26.4 Å². The number of anilines is 1. The minimum Gasteiger partial charge on any atom is -0.324 e. The molecule has 0 aliphatic heterocycles. The number of aryl methyl sites for hydroxylation is 2. The van der Waals surface area contributed by atoms with Gasteiger partial charge < -0.3 is 9.88 Å². The first kappa shape index (κ1) is 20.5. The van der Waals surface area contributed by atoms with Crippen LogP contribution in [0.15, 0.2) is 46.0 Å². The van der Waals surface area contributed by atoms with Gasteiger partial charge >= 0.3 is 0 Å². The Balaban J connectivity index is 1.72. The van der Waals surface area contributed by atoms with E-state index in [1.54, 1.807) is 18.2 Å². The molecule has 1 heterocycles. The van der Waals surface area contributed by atoms with Gasteiger partial charge in [0.1, 0.15) is 5.82 Å². The van der Waals surface area contributed by atoms with Crippen LogP contribution in [0.4, 0.5) is 10.1 Å². The zero-order valence-corrected chi connectivity index (χ0v) is 18.2. The van der Waals surface area contributed by atoms with Crippen LogP contribution in [0.3, 0.4) is 0 Å². The summed E-state index contributed by atoms with van der Waals surface area (Å²) in [7, 11) is 0. The predicted octanol–water partition coefficient (Wildman–Crippen LogP) is 5.21. The van der Waals surface area contributed by atoms with Crippen LogP contribution in [0.1, 0.15) is 18.1 Å². The van der Waals surface area contributed by atoms with Gasteiger partial charge in [0.05, 0.1) is 17.0 Å². The Bertz CT molecular complexity index is 1020. The van der Waals surface area contributed by atoms with Crippen molar-refractivity contribution in [1.82, 2.24) is 14.8 Å². The fraction of sp³-hybridized carbons (Fsp3) is 0.250. The van der Waals surface area contributed by atoms with Crippen LogP contribution in [0.5, 0.6) is 0 Å². The number of benzene rings is 2. The van der Waals surface area contributed by atoms with Crippen molar-refractivity contribution in [2.24, 2.45) is 0 Å². The molecule has 0 atom stereocenters. The summed E-state index contributed by atoms with van der Waals surface area (Å²) in [5, 5.41) is 11.8. The molecule has 146 valence electrons. The highest BCUT2D eigenvalue weighted by molar-refractivity contribution is 9.10. The van der Waals surface area contributed by atoms with Gasteiger partial charge in [-0.25, -0.2) is 4.39 Å². The van der Waals surface area contributed by atoms with Gasteiger partial charge in [-0.1, -0.05) is 23.9 Å². The van der Waals surface area contributed by atoms with E-state index in [9.17, 15) is 9.18 Å². The lowest BCUT2D eigenvalue weighted by molar-refractivity contribution is -0.113. The van der Waals surface area contributed by atoms with Gasteiger partial charge in [0.25, 0.3) is 0 Å². The molecule has 0 aliphatic rings. The molecule has 0 saturated carbocycles. The summed E-state index contributed by atoms with van der Waals surface area (Å²) in [4.78, 5) is 12.4. The van der Waals surface area contributed by atoms with E-state index in [0.717, 1.165) is 21.3 Å². The second-order valence-electron chi connectivity index (χ2n) is 6.28. The minimum absolute atomic E-state index is 0.146. The van der Waals surface area contributed by atoms with Crippen LogP contribution >= 0.6 is 27.7 Å². The Morgan fingerprint density at radius 1 is 1.21 bits per heavy atom. The maximum Gasteiger partial charge on any atom is 0.234 e. The lowest BCUT2D eigenvalue weighted by atomic mass is 10.1. The van der Waals surface area contributed by atoms with Crippen LogP contribution in [0.2, 0.25) is 0 Å². The molecule has 0 bridgehead atoms. The molecule has 5 nitrogen and oxygen atoms in total. The topological polar surface area (TPSA) is 59.8 Å². The van der Waals surface area contributed by atoms with Crippen molar-refractivity contribution in [1.29, 1.82) is 0 Å². The third-order valence-corrected chi connectivity index (χ3v) is 5.96. The molecule has 28 heavy (non-hydrogen) atoms. The summed E-state index contributed by atoms with van der Waals surface area (Å²) >= 11 is 4.75. The number of hydrogen-bond donors (Lipinski definition) is 1. The fourth-order valence-electron chi connectivity index (χ4n) is 2.72. The van der Waals surface area contributed by atoms with Crippen molar-refractivity contribution in [2.45, 2.75) is 32.5 Å². The zero-order valence-electron chi connectivity index (χ0n) is 15.8. The van der Waals surface area contributed by atoms with E-state index in [4.69, 9.17) is 0 Å². The summed E-state index contributed by atoms with van der Waals surface area (Å²) < 4.78 is 16.7. The summed E-state index contributed by atoms with van der Waals surface area (Å²) in [6, 6.07) is 10.4. The number of carbonyl (C=O) groups excluding carboxylic acids is 1. The molecule has 1 aromatic heterocycles. The van der Waals surface area contributed by atoms with Crippen LogP contribution in [0, 0.1) is 19.7 Å². The van der Waals surface area contributed by atoms with Gasteiger partial charge in [0.2, 0.25) is 5.91 Å². The molecular weight excluding hydrogens is 443 g/mol. The van der Waals surface area contributed by atoms with Crippen molar-refractivity contribution < 1.29 is 9.18 Å². The molecule has 2 aromatic carbocycles. The van der Waals surface area contributed by atoms with Crippen molar-refractivity contribution in [3.05, 3.63) is 57.8 Å². The number of nitrogens with one attached hydrogen (secondary N) is 1. The fourth-order valence-corrected chi connectivity index (χ4v) is 4.07. The molecule has 0 radical (unpaired) electrons. The molecule has 3 aromatic rings. The van der Waals surface area contributed by atoms with Gasteiger partial charge in [-0.15, -0.1) is 10.2 Å². The highest BCUT2D eigenvalue weighted by Gasteiger charge is 2.17. The van der Waals surface area contributed by atoms with Crippen LogP contribution < -0.4 is 5.32 Å². The lowest BCUT2D eigenvalue weighted by Gasteiger charge is -2.11. The second-order valence-corrected chi connectivity index (χ2v) is 8.08. The number of carbonyl (C=O) groups is 1. The van der Waals surface area contributed by atoms with Crippen LogP contribution in [0.25, 0.3) is 11.4 Å². The maximum atomic E-state index is 14.1. The maximum absolute atomic E-state index is 14.1. The molecule has 8 heteroatoms. The predicted molar refractivity (Wildman–Crippen MR) is 114 cm³/mol. The van der Waals surface area contributed by atoms with Crippen LogP contribution in [-0.2, 0) is 11.3 Å². The number of thioether (sulfide) groups is 1. The Kier molecular flexibility index (Phi) is 6.51. The van der Waals surface area contributed by atoms with Crippen molar-refractivity contribution in [3.8, 4) is 11.4 Å². The highest BCUT2D eigenvalue weighted by atomic mass is 79.9. The number of amides is 1. The first-order valence-corrected chi connectivity index (χ1v) is 10.6. The van der Waals surface area contributed by atoms with Gasteiger partial charge in [0.15, 0.2) is 11.0 Å². The minimum atomic E-state index is -0.349. The van der Waals surface area contributed by atoms with Gasteiger partial charge in [-0.05, 0) is 72.1 Å². The quantitative estimate of drug-likeness (QED) is 0.510. The molecule has 0 saturated heterocycles. The lowest BCUT2D eigenvalue weighted by Crippen LogP contribution is -2.15. The number of nitrogens with zero attached hydrogens (tertiary/aromatic N) is 3. The Morgan fingerprint density at radius 3 is 2.64 bits per heavy atom. The molecule has 3 rings (SSSR count). The molecule has 0 fully saturated rings. The number of halogens is 2. The third kappa shape index (κ3) is 4.44. The Labute approximate surface area is 175 Å². The Morgan fingerprint density at radius 2 is 1.93 bits per heavy atom. The third-order valence-electron chi connectivity index (χ3n) is 4.34. The monoisotopic (exact) mass is 462 g/mol. The number of aromatic nitrogens is 3. The standard InChI is InChI=1S/C20H20BrFN4OS/c1-4-26-19(14-7-5-6-8-16(14)22)24-25-20(26)28-11-18(27)23-17-10-13(3)12(2)9-15(17)21/h5-10H,4,11H2,1-3H3,(H,23,27). The molecule has 0 spiro atoms. The highest BCUT2D eigenvalue weighted by Crippen LogP contribution is 2.28. The van der Waals surface area contributed by atoms with E-state index in [0.29, 0.717) is 23.1 Å². The number of hydrogen-bond acceptors (Lipinski definition) is 4. The summed E-state index contributed by atoms with van der Waals surface area (Å²) in [6.07, 6.45) is 0. The average molecular weight is 463 g/mol. The second kappa shape index (κ2) is 8.87. The van der Waals surface area contributed by atoms with Gasteiger partial charge in [-0.3, -0.25) is 4.79 Å². The normalized spacial score (nSPS) is 10.9. The molecule has 1 N–H and O–H groups in total. The van der Waals surface area contributed by atoms with Crippen molar-refractivity contribution in [2.75, 3.05) is 11.1 Å². The summed E-state index contributed by atoms with van der Waals surface area (Å²) in [5.74, 6) is 0.139. The molecule has 0 aliphatic carbocycles. The van der Waals surface area contributed by atoms with E-state index < -0.39 is 0 Å². The van der Waals surface area contributed by atoms with E-state index in [1.807, 2.05) is 37.5 Å². The van der Waals surface area contributed by atoms with Gasteiger partial charge in [0, 0.05) is 11.0 Å². The zero-order chi connectivity index (χ0) is 20.3. The summed E-state index contributed by atoms with van der Waals surface area (Å²) in [5.41, 5.74) is 3.38. The van der Waals surface area contributed by atoms with Crippen molar-refractivity contribution >= 4 is 39.3 Å². The van der Waals surface area contributed by atoms with Gasteiger partial charge in [-0.2, -0.15) is 0 Å². The molecule has 1 amide bonds. The van der Waals surface area contributed by atoms with E-state index in [2.05, 4.69) is 31.4 Å². The molecular formula is C20H20BrFN4OS. The molecule has 0 unspecified atom stereocenters. The van der Waals surface area contributed by atoms with E-state index >= 15 is 0 Å². The summed E-state index contributed by atoms with van der Waals surface area (Å²) in [6.45, 7) is 6.53. The Hall–Kier alpha value is -2.19. The largest absolute Gasteiger partial charge is 0.324 e. The smallest absolute Gasteiger partial charge is 0.234 e. The number of rotatable bonds is 6. The average Bonchev–Trinajstić information content (AvgIpc) is 3.07. The van der Waals surface area contributed by atoms with E-state index in [-0.39, 0.29) is 17.5 Å². The SMILES string of the molecule is CCn1c(SCC(=O)Nc2cc(C)c(C)cc2Br)nnc1-c1ccccc1F. The first-order valence-electron chi connectivity index (χ1n) is 8.78. The van der Waals surface area contributed by atoms with Crippen molar-refractivity contribution in [3.63, 3.8) is 0 Å².